The minimum absolute atomic E-state index is 0.404. The van der Waals surface area contributed by atoms with Crippen molar-refractivity contribution in [1.82, 2.24) is 0 Å². The normalized spacial score (nSPS) is 10.3. The molecule has 2 aromatic carbocycles. The second-order valence-electron chi connectivity index (χ2n) is 4.72. The molecular formula is C16H16ClNOS. The van der Waals surface area contributed by atoms with Crippen molar-refractivity contribution in [3.63, 3.8) is 0 Å². The fourth-order valence-corrected chi connectivity index (χ4v) is 2.17. The lowest BCUT2D eigenvalue weighted by Gasteiger charge is -2.10. The van der Waals surface area contributed by atoms with E-state index in [4.69, 9.17) is 34.3 Å². The van der Waals surface area contributed by atoms with Gasteiger partial charge in [0.1, 0.15) is 17.3 Å². The summed E-state index contributed by atoms with van der Waals surface area (Å²) < 4.78 is 5.79. The van der Waals surface area contributed by atoms with Gasteiger partial charge in [-0.15, -0.1) is 0 Å². The highest BCUT2D eigenvalue weighted by Gasteiger charge is 2.04. The Balaban J connectivity index is 2.07. The van der Waals surface area contributed by atoms with Gasteiger partial charge in [-0.05, 0) is 42.7 Å². The highest BCUT2D eigenvalue weighted by Crippen LogP contribution is 2.26. The van der Waals surface area contributed by atoms with E-state index in [2.05, 4.69) is 0 Å². The molecule has 0 amide bonds. The number of aryl methyl sites for hydroxylation is 2. The molecule has 2 rings (SSSR count). The van der Waals surface area contributed by atoms with Crippen molar-refractivity contribution in [2.75, 3.05) is 0 Å². The van der Waals surface area contributed by atoms with Crippen molar-refractivity contribution in [2.24, 2.45) is 5.73 Å². The average molecular weight is 306 g/mol. The van der Waals surface area contributed by atoms with Crippen molar-refractivity contribution in [3.05, 3.63) is 63.7 Å². The fourth-order valence-electron chi connectivity index (χ4n) is 1.92. The number of hydrogen-bond donors (Lipinski definition) is 1. The molecule has 0 spiro atoms. The maximum atomic E-state index is 6.13. The van der Waals surface area contributed by atoms with Gasteiger partial charge in [0.15, 0.2) is 0 Å². The van der Waals surface area contributed by atoms with E-state index in [0.29, 0.717) is 11.6 Å². The molecule has 2 aromatic rings. The monoisotopic (exact) mass is 305 g/mol. The van der Waals surface area contributed by atoms with Crippen LogP contribution in [0.5, 0.6) is 5.75 Å². The van der Waals surface area contributed by atoms with Gasteiger partial charge in [-0.2, -0.15) is 0 Å². The summed E-state index contributed by atoms with van der Waals surface area (Å²) in [7, 11) is 0. The van der Waals surface area contributed by atoms with Gasteiger partial charge >= 0.3 is 0 Å². The van der Waals surface area contributed by atoms with Gasteiger partial charge in [-0.25, -0.2) is 0 Å². The highest BCUT2D eigenvalue weighted by atomic mass is 35.5. The van der Waals surface area contributed by atoms with Gasteiger partial charge < -0.3 is 10.5 Å². The van der Waals surface area contributed by atoms with Crippen LogP contribution in [0.15, 0.2) is 36.4 Å². The van der Waals surface area contributed by atoms with Crippen molar-refractivity contribution < 1.29 is 4.74 Å². The molecule has 20 heavy (non-hydrogen) atoms. The number of nitrogens with two attached hydrogens (primary N) is 1. The van der Waals surface area contributed by atoms with Gasteiger partial charge in [0.05, 0.1) is 0 Å². The molecule has 0 heterocycles. The Morgan fingerprint density at radius 3 is 2.20 bits per heavy atom. The topological polar surface area (TPSA) is 35.2 Å². The van der Waals surface area contributed by atoms with Crippen molar-refractivity contribution >= 4 is 28.8 Å². The molecule has 0 saturated carbocycles. The molecule has 2 nitrogen and oxygen atoms in total. The van der Waals surface area contributed by atoms with Gasteiger partial charge in [-0.1, -0.05) is 48.1 Å². The van der Waals surface area contributed by atoms with E-state index >= 15 is 0 Å². The van der Waals surface area contributed by atoms with Gasteiger partial charge in [0.25, 0.3) is 0 Å². The molecule has 2 N–H and O–H groups in total. The number of ether oxygens (including phenoxy) is 1. The van der Waals surface area contributed by atoms with Crippen LogP contribution in [0, 0.1) is 13.8 Å². The summed E-state index contributed by atoms with van der Waals surface area (Å²) >= 11 is 11.1. The number of halogens is 1. The van der Waals surface area contributed by atoms with Crippen LogP contribution in [0.4, 0.5) is 0 Å². The van der Waals surface area contributed by atoms with Crippen molar-refractivity contribution in [3.8, 4) is 5.75 Å². The van der Waals surface area contributed by atoms with E-state index < -0.39 is 0 Å². The van der Waals surface area contributed by atoms with Crippen LogP contribution in [0.2, 0.25) is 5.02 Å². The number of thiocarbonyl (C=S) groups is 1. The van der Waals surface area contributed by atoms with Gasteiger partial charge in [0.2, 0.25) is 0 Å². The summed E-state index contributed by atoms with van der Waals surface area (Å²) in [5.41, 5.74) is 9.53. The summed E-state index contributed by atoms with van der Waals surface area (Å²) in [6, 6.07) is 11.6. The van der Waals surface area contributed by atoms with E-state index in [1.54, 1.807) is 0 Å². The largest absolute Gasteiger partial charge is 0.489 e. The summed E-state index contributed by atoms with van der Waals surface area (Å²) in [5.74, 6) is 0.822. The van der Waals surface area contributed by atoms with E-state index in [9.17, 15) is 0 Å². The Kier molecular flexibility index (Phi) is 4.63. The van der Waals surface area contributed by atoms with Crippen molar-refractivity contribution in [2.45, 2.75) is 20.5 Å². The van der Waals surface area contributed by atoms with Crippen LogP contribution in [-0.4, -0.2) is 4.99 Å². The molecule has 104 valence electrons. The van der Waals surface area contributed by atoms with Crippen LogP contribution in [-0.2, 0) is 6.61 Å². The molecule has 0 fully saturated rings. The molecule has 0 aromatic heterocycles. The van der Waals surface area contributed by atoms with Gasteiger partial charge in [0, 0.05) is 10.6 Å². The van der Waals surface area contributed by atoms with Gasteiger partial charge in [-0.3, -0.25) is 0 Å². The predicted molar refractivity (Wildman–Crippen MR) is 87.6 cm³/mol. The molecule has 0 saturated heterocycles. The van der Waals surface area contributed by atoms with Crippen LogP contribution in [0.1, 0.15) is 22.3 Å². The Morgan fingerprint density at radius 2 is 1.70 bits per heavy atom. The summed E-state index contributed by atoms with van der Waals surface area (Å²) in [4.78, 5) is 0.404. The third-order valence-electron chi connectivity index (χ3n) is 3.05. The van der Waals surface area contributed by atoms with Crippen LogP contribution in [0.25, 0.3) is 0 Å². The Labute approximate surface area is 129 Å². The maximum absolute atomic E-state index is 6.13. The zero-order valence-corrected chi connectivity index (χ0v) is 13.0. The minimum atomic E-state index is 0.404. The maximum Gasteiger partial charge on any atom is 0.120 e. The summed E-state index contributed by atoms with van der Waals surface area (Å²) in [5, 5.41) is 0.790. The van der Waals surface area contributed by atoms with E-state index in [1.807, 2.05) is 50.2 Å². The molecule has 0 unspecified atom stereocenters. The first-order valence-electron chi connectivity index (χ1n) is 6.25. The zero-order chi connectivity index (χ0) is 14.7. The van der Waals surface area contributed by atoms with Crippen LogP contribution < -0.4 is 10.5 Å². The lowest BCUT2D eigenvalue weighted by Crippen LogP contribution is -2.09. The summed E-state index contributed by atoms with van der Waals surface area (Å²) in [6.45, 7) is 4.44. The number of hydrogen-bond acceptors (Lipinski definition) is 2. The molecule has 0 aliphatic carbocycles. The first-order chi connectivity index (χ1) is 9.47. The molecule has 0 aliphatic heterocycles. The Hall–Kier alpha value is -1.58. The van der Waals surface area contributed by atoms with E-state index in [0.717, 1.165) is 33.0 Å². The number of benzene rings is 2. The third-order valence-corrected chi connectivity index (χ3v) is 3.89. The Morgan fingerprint density at radius 1 is 1.15 bits per heavy atom. The molecule has 0 atom stereocenters. The lowest BCUT2D eigenvalue weighted by atomic mass is 10.1. The standard InChI is InChI=1S/C16H16ClNOS/c1-10-7-14(8-11(2)15(10)17)19-9-12-3-5-13(6-4-12)16(18)20/h3-8H,9H2,1-2H3,(H2,18,20). The fraction of sp³-hybridized carbons (Fsp3) is 0.188. The molecule has 0 bridgehead atoms. The lowest BCUT2D eigenvalue weighted by molar-refractivity contribution is 0.306. The zero-order valence-electron chi connectivity index (χ0n) is 11.4. The van der Waals surface area contributed by atoms with Crippen LogP contribution in [0.3, 0.4) is 0 Å². The molecular weight excluding hydrogens is 290 g/mol. The number of rotatable bonds is 4. The Bertz CT molecular complexity index is 614. The minimum Gasteiger partial charge on any atom is -0.489 e. The highest BCUT2D eigenvalue weighted by molar-refractivity contribution is 7.80. The second kappa shape index (κ2) is 6.25. The molecule has 0 radical (unpaired) electrons. The SMILES string of the molecule is Cc1cc(OCc2ccc(C(N)=S)cc2)cc(C)c1Cl. The second-order valence-corrected chi connectivity index (χ2v) is 5.54. The predicted octanol–water partition coefficient (Wildman–Crippen LogP) is 4.17. The van der Waals surface area contributed by atoms with Crippen LogP contribution >= 0.6 is 23.8 Å². The first-order valence-corrected chi connectivity index (χ1v) is 7.04. The molecule has 0 aliphatic rings. The first kappa shape index (κ1) is 14.8. The van der Waals surface area contributed by atoms with E-state index in [1.165, 1.54) is 0 Å². The van der Waals surface area contributed by atoms with Crippen molar-refractivity contribution in [1.29, 1.82) is 0 Å². The van der Waals surface area contributed by atoms with E-state index in [-0.39, 0.29) is 0 Å². The summed E-state index contributed by atoms with van der Waals surface area (Å²) in [6.07, 6.45) is 0. The molecule has 4 heteroatoms. The quantitative estimate of drug-likeness (QED) is 0.861. The smallest absolute Gasteiger partial charge is 0.120 e. The third kappa shape index (κ3) is 3.50. The average Bonchev–Trinajstić information content (AvgIpc) is 2.42.